The van der Waals surface area contributed by atoms with Gasteiger partial charge in [-0.15, -0.1) is 0 Å². The Kier molecular flexibility index (Phi) is 8.49. The Morgan fingerprint density at radius 1 is 1.22 bits per heavy atom. The molecule has 0 unspecified atom stereocenters. The molecule has 0 spiro atoms. The van der Waals surface area contributed by atoms with E-state index >= 15 is 4.39 Å². The van der Waals surface area contributed by atoms with Crippen LogP contribution < -0.4 is 25.4 Å². The number of methoxy groups -OCH3 is 2. The second-order valence-electron chi connectivity index (χ2n) is 9.27. The third kappa shape index (κ3) is 5.88. The zero-order valence-electron chi connectivity index (χ0n) is 22.5. The fraction of sp³-hybridized carbons (Fsp3) is 0.333. The van der Waals surface area contributed by atoms with E-state index in [1.54, 1.807) is 25.3 Å². The topological polar surface area (TPSA) is 136 Å². The number of hydrogen-bond donors (Lipinski definition) is 3. The molecule has 12 nitrogen and oxygen atoms in total. The summed E-state index contributed by atoms with van der Waals surface area (Å²) in [4.78, 5) is 39.2. The van der Waals surface area contributed by atoms with Crippen LogP contribution in [0.4, 0.5) is 16.0 Å². The van der Waals surface area contributed by atoms with E-state index in [0.717, 1.165) is 11.6 Å². The van der Waals surface area contributed by atoms with Crippen LogP contribution in [0.15, 0.2) is 36.5 Å². The summed E-state index contributed by atoms with van der Waals surface area (Å²) < 4.78 is 31.9. The highest BCUT2D eigenvalue weighted by Gasteiger charge is 2.32. The number of hydroxylamine groups is 2. The van der Waals surface area contributed by atoms with Crippen molar-refractivity contribution in [1.29, 1.82) is 0 Å². The molecule has 2 aliphatic rings. The van der Waals surface area contributed by atoms with Crippen molar-refractivity contribution in [2.75, 3.05) is 39.7 Å². The minimum Gasteiger partial charge on any atom is -0.495 e. The first-order valence-corrected chi connectivity index (χ1v) is 13.1. The molecule has 0 aliphatic carbocycles. The summed E-state index contributed by atoms with van der Waals surface area (Å²) >= 11 is 6.29. The highest BCUT2D eigenvalue weighted by Crippen LogP contribution is 2.36. The van der Waals surface area contributed by atoms with Crippen molar-refractivity contribution in [3.05, 3.63) is 64.1 Å². The number of amides is 2. The number of hydrogen-bond acceptors (Lipinski definition) is 10. The SMILES string of the molecule is COc1cc(C(=O)N[C@@H]2CCNC[C@@H]2OC)c(F)cc1Nc1ncc(Cl)c(Oc2cccc3c2C(=O)N(OC)C3)n1. The molecular weight excluding hydrogens is 559 g/mol. The molecule has 0 bridgehead atoms. The number of carbonyl (C=O) groups excluding carboxylic acids is 2. The van der Waals surface area contributed by atoms with Crippen LogP contribution >= 0.6 is 11.6 Å². The van der Waals surface area contributed by atoms with E-state index in [1.807, 2.05) is 0 Å². The fourth-order valence-electron chi connectivity index (χ4n) is 4.73. The van der Waals surface area contributed by atoms with Crippen molar-refractivity contribution in [3.63, 3.8) is 0 Å². The van der Waals surface area contributed by atoms with Gasteiger partial charge in [-0.2, -0.15) is 4.98 Å². The summed E-state index contributed by atoms with van der Waals surface area (Å²) in [5.41, 5.74) is 1.03. The number of carbonyl (C=O) groups is 2. The maximum atomic E-state index is 15.2. The molecule has 1 fully saturated rings. The van der Waals surface area contributed by atoms with Crippen molar-refractivity contribution in [3.8, 4) is 17.4 Å². The van der Waals surface area contributed by atoms with Gasteiger partial charge in [-0.05, 0) is 30.7 Å². The first-order valence-electron chi connectivity index (χ1n) is 12.7. The summed E-state index contributed by atoms with van der Waals surface area (Å²) in [5.74, 6) is -1.33. The van der Waals surface area contributed by atoms with Gasteiger partial charge in [0.2, 0.25) is 11.8 Å². The van der Waals surface area contributed by atoms with Crippen molar-refractivity contribution in [1.82, 2.24) is 25.7 Å². The number of benzene rings is 2. The van der Waals surface area contributed by atoms with Gasteiger partial charge in [-0.25, -0.2) is 14.4 Å². The molecule has 5 rings (SSSR count). The number of fused-ring (bicyclic) bond motifs is 1. The molecule has 41 heavy (non-hydrogen) atoms. The van der Waals surface area contributed by atoms with E-state index in [2.05, 4.69) is 25.9 Å². The van der Waals surface area contributed by atoms with E-state index in [0.29, 0.717) is 25.1 Å². The smallest absolute Gasteiger partial charge is 0.281 e. The highest BCUT2D eigenvalue weighted by molar-refractivity contribution is 6.31. The van der Waals surface area contributed by atoms with Crippen molar-refractivity contribution in [2.24, 2.45) is 0 Å². The molecular formula is C27H28ClFN6O6. The molecule has 2 aromatic carbocycles. The zero-order chi connectivity index (χ0) is 29.1. The number of rotatable bonds is 9. The molecule has 216 valence electrons. The van der Waals surface area contributed by atoms with Gasteiger partial charge in [-0.1, -0.05) is 23.7 Å². The molecule has 14 heteroatoms. The molecule has 3 heterocycles. The largest absolute Gasteiger partial charge is 0.495 e. The summed E-state index contributed by atoms with van der Waals surface area (Å²) in [7, 11) is 4.36. The lowest BCUT2D eigenvalue weighted by atomic mass is 10.0. The number of nitrogens with zero attached hydrogens (tertiary/aromatic N) is 3. The molecule has 2 atom stereocenters. The van der Waals surface area contributed by atoms with Gasteiger partial charge < -0.3 is 30.2 Å². The van der Waals surface area contributed by atoms with Crippen LogP contribution in [-0.2, 0) is 16.1 Å². The van der Waals surface area contributed by atoms with Gasteiger partial charge in [0, 0.05) is 19.7 Å². The predicted octanol–water partition coefficient (Wildman–Crippen LogP) is 3.44. The lowest BCUT2D eigenvalue weighted by Gasteiger charge is -2.31. The van der Waals surface area contributed by atoms with E-state index in [4.69, 9.17) is 30.6 Å². The first kappa shape index (κ1) is 28.5. The maximum absolute atomic E-state index is 15.2. The van der Waals surface area contributed by atoms with Crippen LogP contribution in [0.3, 0.4) is 0 Å². The van der Waals surface area contributed by atoms with E-state index < -0.39 is 11.7 Å². The van der Waals surface area contributed by atoms with Gasteiger partial charge in [0.1, 0.15) is 22.3 Å². The first-order chi connectivity index (χ1) is 19.8. The Bertz CT molecular complexity index is 1480. The third-order valence-electron chi connectivity index (χ3n) is 6.83. The number of ether oxygens (including phenoxy) is 3. The van der Waals surface area contributed by atoms with Crippen molar-refractivity contribution in [2.45, 2.75) is 25.1 Å². The Labute approximate surface area is 240 Å². The molecule has 2 amide bonds. The Morgan fingerprint density at radius 2 is 2.05 bits per heavy atom. The Balaban J connectivity index is 1.36. The molecule has 1 saturated heterocycles. The molecule has 3 N–H and O–H groups in total. The summed E-state index contributed by atoms with van der Waals surface area (Å²) in [6, 6.07) is 7.29. The van der Waals surface area contributed by atoms with Crippen molar-refractivity contribution >= 4 is 35.1 Å². The summed E-state index contributed by atoms with van der Waals surface area (Å²) in [5, 5.41) is 10.2. The number of aromatic nitrogens is 2. The third-order valence-corrected chi connectivity index (χ3v) is 7.09. The van der Waals surface area contributed by atoms with Crippen LogP contribution in [0.1, 0.15) is 32.7 Å². The van der Waals surface area contributed by atoms with Crippen LogP contribution in [-0.4, -0.2) is 73.4 Å². The number of nitrogens with one attached hydrogen (secondary N) is 3. The minimum atomic E-state index is -0.778. The maximum Gasteiger partial charge on any atom is 0.281 e. The quantitative estimate of drug-likeness (QED) is 0.342. The highest BCUT2D eigenvalue weighted by atomic mass is 35.5. The lowest BCUT2D eigenvalue weighted by Crippen LogP contribution is -2.53. The van der Waals surface area contributed by atoms with Gasteiger partial charge in [0.05, 0.1) is 55.9 Å². The average molecular weight is 587 g/mol. The summed E-state index contributed by atoms with van der Waals surface area (Å²) in [6.07, 6.45) is 1.71. The molecule has 3 aromatic rings. The van der Waals surface area contributed by atoms with E-state index in [-0.39, 0.29) is 64.2 Å². The fourth-order valence-corrected chi connectivity index (χ4v) is 4.86. The van der Waals surface area contributed by atoms with Gasteiger partial charge in [0.25, 0.3) is 11.8 Å². The van der Waals surface area contributed by atoms with Gasteiger partial charge in [-0.3, -0.25) is 14.4 Å². The normalized spacial score (nSPS) is 18.2. The molecule has 1 aromatic heterocycles. The number of halogens is 2. The van der Waals surface area contributed by atoms with Gasteiger partial charge in [0.15, 0.2) is 0 Å². The summed E-state index contributed by atoms with van der Waals surface area (Å²) in [6.45, 7) is 1.56. The van der Waals surface area contributed by atoms with Gasteiger partial charge >= 0.3 is 0 Å². The predicted molar refractivity (Wildman–Crippen MR) is 146 cm³/mol. The lowest BCUT2D eigenvalue weighted by molar-refractivity contribution is -0.0957. The van der Waals surface area contributed by atoms with Crippen LogP contribution in [0, 0.1) is 5.82 Å². The second-order valence-corrected chi connectivity index (χ2v) is 9.67. The van der Waals surface area contributed by atoms with Crippen LogP contribution in [0.5, 0.6) is 17.4 Å². The Hall–Kier alpha value is -4.04. The monoisotopic (exact) mass is 586 g/mol. The van der Waals surface area contributed by atoms with Crippen molar-refractivity contribution < 1.29 is 33.0 Å². The molecule has 0 saturated carbocycles. The van der Waals surface area contributed by atoms with E-state index in [9.17, 15) is 9.59 Å². The minimum absolute atomic E-state index is 0.00867. The average Bonchev–Trinajstić information content (AvgIpc) is 3.31. The molecule has 0 radical (unpaired) electrons. The number of anilines is 2. The van der Waals surface area contributed by atoms with Crippen LogP contribution in [0.25, 0.3) is 0 Å². The number of piperidine rings is 1. The standard InChI is InChI=1S/C27H28ClFN6O6/c1-38-21-9-15(24(36)32-18-7-8-30-12-22(18)39-2)17(29)10-19(21)33-27-31-11-16(28)25(34-27)41-20-6-4-5-14-13-35(40-3)26(37)23(14)20/h4-6,9-11,18,22,30H,7-8,12-13H2,1-3H3,(H,32,36)(H,31,33,34)/t18-,22+/m1/s1. The molecule has 2 aliphatic heterocycles. The van der Waals surface area contributed by atoms with Crippen LogP contribution in [0.2, 0.25) is 5.02 Å². The van der Waals surface area contributed by atoms with E-state index in [1.165, 1.54) is 31.5 Å². The Morgan fingerprint density at radius 3 is 2.80 bits per heavy atom. The zero-order valence-corrected chi connectivity index (χ0v) is 23.3. The second kappa shape index (κ2) is 12.2.